The van der Waals surface area contributed by atoms with E-state index < -0.39 is 0 Å². The lowest BCUT2D eigenvalue weighted by molar-refractivity contribution is 0.512. The van der Waals surface area contributed by atoms with Crippen molar-refractivity contribution in [3.8, 4) is 0 Å². The van der Waals surface area contributed by atoms with E-state index >= 15 is 0 Å². The third kappa shape index (κ3) is 1.32. The van der Waals surface area contributed by atoms with Crippen LogP contribution in [0, 0.1) is 6.92 Å². The second-order valence-corrected chi connectivity index (χ2v) is 4.16. The molecule has 1 aliphatic rings. The predicted octanol–water partition coefficient (Wildman–Crippen LogP) is 0.756. The molecular formula is C9H13N3O. The molecule has 4 nitrogen and oxygen atoms in total. The van der Waals surface area contributed by atoms with Crippen LogP contribution in [-0.4, -0.2) is 15.1 Å². The van der Waals surface area contributed by atoms with E-state index in [0.29, 0.717) is 6.54 Å². The molecule has 0 aromatic carbocycles. The van der Waals surface area contributed by atoms with Gasteiger partial charge in [0.25, 0.3) is 0 Å². The Bertz CT molecular complexity index is 406. The summed E-state index contributed by atoms with van der Waals surface area (Å²) in [5, 5.41) is 3.28. The van der Waals surface area contributed by atoms with Crippen LogP contribution in [0.5, 0.6) is 0 Å². The molecule has 1 N–H and O–H groups in total. The maximum atomic E-state index is 11.4. The van der Waals surface area contributed by atoms with E-state index in [0.717, 1.165) is 11.5 Å². The second kappa shape index (κ2) is 2.34. The maximum Gasteiger partial charge on any atom is 0.349 e. The fraction of sp³-hybridized carbons (Fsp3) is 0.556. The minimum atomic E-state index is -0.159. The number of aromatic nitrogens is 2. The molecular weight excluding hydrogens is 166 g/mol. The SMILES string of the molecule is Cc1cc2n(c(=O)n1)CC(C)(C)N2. The Morgan fingerprint density at radius 3 is 3.00 bits per heavy atom. The van der Waals surface area contributed by atoms with Crippen molar-refractivity contribution in [3.05, 3.63) is 22.2 Å². The zero-order valence-corrected chi connectivity index (χ0v) is 8.09. The lowest BCUT2D eigenvalue weighted by atomic mass is 10.1. The second-order valence-electron chi connectivity index (χ2n) is 4.16. The molecule has 2 rings (SSSR count). The van der Waals surface area contributed by atoms with E-state index in [9.17, 15) is 4.79 Å². The first-order valence-corrected chi connectivity index (χ1v) is 4.35. The van der Waals surface area contributed by atoms with Crippen LogP contribution in [0.2, 0.25) is 0 Å². The van der Waals surface area contributed by atoms with Crippen molar-refractivity contribution in [1.29, 1.82) is 0 Å². The molecule has 0 saturated carbocycles. The summed E-state index contributed by atoms with van der Waals surface area (Å²) in [6.07, 6.45) is 0. The molecule has 4 heteroatoms. The fourth-order valence-electron chi connectivity index (χ4n) is 1.66. The number of nitrogens with zero attached hydrogens (tertiary/aromatic N) is 2. The number of hydrogen-bond acceptors (Lipinski definition) is 3. The highest BCUT2D eigenvalue weighted by molar-refractivity contribution is 5.43. The van der Waals surface area contributed by atoms with Gasteiger partial charge in [0.05, 0.1) is 12.1 Å². The van der Waals surface area contributed by atoms with Crippen molar-refractivity contribution >= 4 is 5.82 Å². The van der Waals surface area contributed by atoms with Crippen LogP contribution >= 0.6 is 0 Å². The van der Waals surface area contributed by atoms with Crippen LogP contribution in [0.4, 0.5) is 5.82 Å². The van der Waals surface area contributed by atoms with Crippen molar-refractivity contribution in [2.45, 2.75) is 32.9 Å². The van der Waals surface area contributed by atoms with E-state index in [-0.39, 0.29) is 11.2 Å². The topological polar surface area (TPSA) is 46.9 Å². The maximum absolute atomic E-state index is 11.4. The zero-order valence-electron chi connectivity index (χ0n) is 8.09. The van der Waals surface area contributed by atoms with Crippen molar-refractivity contribution in [2.75, 3.05) is 5.32 Å². The minimum Gasteiger partial charge on any atom is -0.365 e. The van der Waals surface area contributed by atoms with Gasteiger partial charge in [-0.25, -0.2) is 4.79 Å². The number of anilines is 1. The summed E-state index contributed by atoms with van der Waals surface area (Å²) >= 11 is 0. The number of nitrogens with one attached hydrogen (secondary N) is 1. The molecule has 0 radical (unpaired) electrons. The van der Waals surface area contributed by atoms with Gasteiger partial charge in [-0.15, -0.1) is 0 Å². The summed E-state index contributed by atoms with van der Waals surface area (Å²) in [6, 6.07) is 1.90. The molecule has 0 saturated heterocycles. The van der Waals surface area contributed by atoms with E-state index in [1.807, 2.05) is 13.0 Å². The Morgan fingerprint density at radius 1 is 1.62 bits per heavy atom. The summed E-state index contributed by atoms with van der Waals surface area (Å²) in [5.74, 6) is 0.877. The van der Waals surface area contributed by atoms with Gasteiger partial charge in [0.1, 0.15) is 5.82 Å². The average molecular weight is 179 g/mol. The molecule has 2 heterocycles. The van der Waals surface area contributed by atoms with Crippen LogP contribution < -0.4 is 11.0 Å². The average Bonchev–Trinajstić information content (AvgIpc) is 2.23. The molecule has 0 aliphatic carbocycles. The molecule has 0 fully saturated rings. The van der Waals surface area contributed by atoms with Gasteiger partial charge in [0, 0.05) is 11.8 Å². The van der Waals surface area contributed by atoms with E-state index in [1.165, 1.54) is 0 Å². The van der Waals surface area contributed by atoms with Crippen molar-refractivity contribution in [3.63, 3.8) is 0 Å². The number of aryl methyl sites for hydroxylation is 1. The summed E-state index contributed by atoms with van der Waals surface area (Å²) in [4.78, 5) is 15.3. The Labute approximate surface area is 76.6 Å². The summed E-state index contributed by atoms with van der Waals surface area (Å²) < 4.78 is 1.67. The first kappa shape index (κ1) is 8.29. The molecule has 0 bridgehead atoms. The smallest absolute Gasteiger partial charge is 0.349 e. The first-order valence-electron chi connectivity index (χ1n) is 4.35. The van der Waals surface area contributed by atoms with Gasteiger partial charge in [-0.3, -0.25) is 4.57 Å². The van der Waals surface area contributed by atoms with Crippen LogP contribution in [0.25, 0.3) is 0 Å². The Hall–Kier alpha value is -1.32. The van der Waals surface area contributed by atoms with Gasteiger partial charge < -0.3 is 5.32 Å². The molecule has 0 spiro atoms. The van der Waals surface area contributed by atoms with Crippen LogP contribution in [0.1, 0.15) is 19.5 Å². The molecule has 70 valence electrons. The number of rotatable bonds is 0. The number of fused-ring (bicyclic) bond motifs is 1. The van der Waals surface area contributed by atoms with Crippen LogP contribution in [0.15, 0.2) is 10.9 Å². The van der Waals surface area contributed by atoms with Gasteiger partial charge in [-0.05, 0) is 20.8 Å². The standard InChI is InChI=1S/C9H13N3O/c1-6-4-7-11-9(2,3)5-12(7)8(13)10-6/h4,11H,5H2,1-3H3. The van der Waals surface area contributed by atoms with Crippen molar-refractivity contribution < 1.29 is 0 Å². The van der Waals surface area contributed by atoms with Gasteiger partial charge >= 0.3 is 5.69 Å². The number of hydrogen-bond donors (Lipinski definition) is 1. The van der Waals surface area contributed by atoms with Crippen molar-refractivity contribution in [1.82, 2.24) is 9.55 Å². The quantitative estimate of drug-likeness (QED) is 0.639. The third-order valence-electron chi connectivity index (χ3n) is 2.16. The molecule has 13 heavy (non-hydrogen) atoms. The van der Waals surface area contributed by atoms with Gasteiger partial charge in [0.15, 0.2) is 0 Å². The van der Waals surface area contributed by atoms with Gasteiger partial charge in [-0.2, -0.15) is 4.98 Å². The Balaban J connectivity index is 2.58. The van der Waals surface area contributed by atoms with Crippen LogP contribution in [-0.2, 0) is 6.54 Å². The monoisotopic (exact) mass is 179 g/mol. The first-order chi connectivity index (χ1) is 5.98. The summed E-state index contributed by atoms with van der Waals surface area (Å²) in [7, 11) is 0. The van der Waals surface area contributed by atoms with Crippen molar-refractivity contribution in [2.24, 2.45) is 0 Å². The van der Waals surface area contributed by atoms with E-state index in [1.54, 1.807) is 4.57 Å². The Morgan fingerprint density at radius 2 is 2.31 bits per heavy atom. The fourth-order valence-corrected chi connectivity index (χ4v) is 1.66. The molecule has 0 unspecified atom stereocenters. The summed E-state index contributed by atoms with van der Waals surface area (Å²) in [6.45, 7) is 6.65. The lowest BCUT2D eigenvalue weighted by Crippen LogP contribution is -2.30. The highest BCUT2D eigenvalue weighted by Gasteiger charge is 2.28. The molecule has 1 aliphatic heterocycles. The van der Waals surface area contributed by atoms with Gasteiger partial charge in [-0.1, -0.05) is 0 Å². The van der Waals surface area contributed by atoms with Crippen LogP contribution in [0.3, 0.4) is 0 Å². The Kier molecular flexibility index (Phi) is 1.49. The van der Waals surface area contributed by atoms with E-state index in [2.05, 4.69) is 24.1 Å². The normalized spacial score (nSPS) is 18.1. The highest BCUT2D eigenvalue weighted by atomic mass is 16.1. The highest BCUT2D eigenvalue weighted by Crippen LogP contribution is 2.23. The van der Waals surface area contributed by atoms with Gasteiger partial charge in [0.2, 0.25) is 0 Å². The molecule has 0 amide bonds. The molecule has 1 aromatic rings. The molecule has 0 atom stereocenters. The molecule has 1 aromatic heterocycles. The third-order valence-corrected chi connectivity index (χ3v) is 2.16. The van der Waals surface area contributed by atoms with E-state index in [4.69, 9.17) is 0 Å². The summed E-state index contributed by atoms with van der Waals surface area (Å²) in [5.41, 5.74) is 0.566. The predicted molar refractivity (Wildman–Crippen MR) is 50.9 cm³/mol. The lowest BCUT2D eigenvalue weighted by Gasteiger charge is -2.16. The minimum absolute atomic E-state index is 0.0400. The zero-order chi connectivity index (χ0) is 9.64. The largest absolute Gasteiger partial charge is 0.365 e.